The maximum Gasteiger partial charge on any atom is 0.280 e. The van der Waals surface area contributed by atoms with Gasteiger partial charge in [0.05, 0.1) is 10.2 Å². The first-order valence-electron chi connectivity index (χ1n) is 11.4. The zero-order chi connectivity index (χ0) is 24.9. The molecule has 1 aliphatic rings. The molecule has 0 unspecified atom stereocenters. The van der Waals surface area contributed by atoms with Gasteiger partial charge in [0, 0.05) is 44.6 Å². The van der Waals surface area contributed by atoms with Crippen LogP contribution in [0.1, 0.15) is 41.0 Å². The molecule has 3 amide bonds. The van der Waals surface area contributed by atoms with E-state index in [1.54, 1.807) is 7.05 Å². The van der Waals surface area contributed by atoms with E-state index >= 15 is 0 Å². The molecule has 0 spiro atoms. The maximum atomic E-state index is 13.4. The summed E-state index contributed by atoms with van der Waals surface area (Å²) in [5, 5.41) is 6.04. The molecule has 1 fully saturated rings. The van der Waals surface area contributed by atoms with E-state index < -0.39 is 17.6 Å². The summed E-state index contributed by atoms with van der Waals surface area (Å²) in [5.41, 5.74) is 1.07. The van der Waals surface area contributed by atoms with Crippen LogP contribution in [0.5, 0.6) is 0 Å². The van der Waals surface area contributed by atoms with Crippen molar-refractivity contribution in [3.63, 3.8) is 0 Å². The first kappa shape index (κ1) is 24.7. The molecule has 0 radical (unpaired) electrons. The molecular weight excluding hydrogens is 474 g/mol. The lowest BCUT2D eigenvalue weighted by Gasteiger charge is -2.24. The number of carbonyl (C=O) groups excluding carboxylic acids is 3. The minimum atomic E-state index is -0.715. The van der Waals surface area contributed by atoms with Gasteiger partial charge >= 0.3 is 0 Å². The fourth-order valence-electron chi connectivity index (χ4n) is 4.21. The molecular formula is C25H26F2N4O3S. The van der Waals surface area contributed by atoms with E-state index in [9.17, 15) is 23.2 Å². The Morgan fingerprint density at radius 2 is 1.89 bits per heavy atom. The van der Waals surface area contributed by atoms with E-state index in [4.69, 9.17) is 0 Å². The third-order valence-corrected chi connectivity index (χ3v) is 7.06. The number of benzene rings is 2. The number of aromatic nitrogens is 1. The van der Waals surface area contributed by atoms with Crippen LogP contribution >= 0.6 is 11.3 Å². The number of hydrogen-bond acceptors (Lipinski definition) is 5. The lowest BCUT2D eigenvalue weighted by atomic mass is 9.96. The summed E-state index contributed by atoms with van der Waals surface area (Å²) in [6.45, 7) is 0.293. The molecule has 2 heterocycles. The number of halogens is 2. The van der Waals surface area contributed by atoms with Gasteiger partial charge in [0.25, 0.3) is 5.91 Å². The minimum Gasteiger partial charge on any atom is -0.352 e. The molecule has 2 N–H and O–H groups in total. The Kier molecular flexibility index (Phi) is 7.70. The summed E-state index contributed by atoms with van der Waals surface area (Å²) < 4.78 is 27.7. The van der Waals surface area contributed by atoms with Gasteiger partial charge in [-0.1, -0.05) is 18.6 Å². The van der Waals surface area contributed by atoms with Gasteiger partial charge in [-0.15, -0.1) is 11.3 Å². The molecule has 0 bridgehead atoms. The zero-order valence-corrected chi connectivity index (χ0v) is 20.0. The fourth-order valence-corrected chi connectivity index (χ4v) is 5.08. The number of rotatable bonds is 5. The third kappa shape index (κ3) is 6.39. The van der Waals surface area contributed by atoms with E-state index in [1.165, 1.54) is 16.2 Å². The first-order valence-corrected chi connectivity index (χ1v) is 12.2. The Morgan fingerprint density at radius 1 is 1.14 bits per heavy atom. The number of likely N-dealkylation sites (N-methyl/N-ethyl adjacent to an activating group) is 1. The summed E-state index contributed by atoms with van der Waals surface area (Å²) in [7, 11) is 1.65. The highest BCUT2D eigenvalue weighted by atomic mass is 32.1. The molecule has 1 saturated heterocycles. The normalized spacial score (nSPS) is 19.1. The van der Waals surface area contributed by atoms with Crippen LogP contribution in [-0.2, 0) is 16.1 Å². The van der Waals surface area contributed by atoms with Crippen molar-refractivity contribution in [1.29, 1.82) is 0 Å². The van der Waals surface area contributed by atoms with Crippen LogP contribution in [-0.4, -0.2) is 47.2 Å². The Balaban J connectivity index is 1.36. The van der Waals surface area contributed by atoms with Crippen molar-refractivity contribution in [3.05, 3.63) is 64.7 Å². The topological polar surface area (TPSA) is 91.4 Å². The van der Waals surface area contributed by atoms with Crippen LogP contribution in [0.15, 0.2) is 42.5 Å². The number of nitrogens with one attached hydrogen (secondary N) is 2. The van der Waals surface area contributed by atoms with Crippen LogP contribution in [0.4, 0.5) is 8.78 Å². The van der Waals surface area contributed by atoms with Crippen LogP contribution < -0.4 is 10.6 Å². The number of amides is 3. The van der Waals surface area contributed by atoms with Gasteiger partial charge in [0.2, 0.25) is 11.8 Å². The van der Waals surface area contributed by atoms with Crippen molar-refractivity contribution < 1.29 is 23.2 Å². The first-order chi connectivity index (χ1) is 16.8. The molecule has 184 valence electrons. The van der Waals surface area contributed by atoms with Crippen molar-refractivity contribution in [3.8, 4) is 0 Å². The smallest absolute Gasteiger partial charge is 0.280 e. The zero-order valence-electron chi connectivity index (χ0n) is 19.2. The molecule has 3 aromatic rings. The Hall–Kier alpha value is -3.40. The van der Waals surface area contributed by atoms with Crippen molar-refractivity contribution in [1.82, 2.24) is 20.5 Å². The van der Waals surface area contributed by atoms with Crippen molar-refractivity contribution in [2.75, 3.05) is 13.6 Å². The number of hydrogen-bond donors (Lipinski definition) is 2. The largest absolute Gasteiger partial charge is 0.352 e. The van der Waals surface area contributed by atoms with Crippen LogP contribution in [0.25, 0.3) is 10.2 Å². The number of fused-ring (bicyclic) bond motifs is 1. The molecule has 0 aliphatic carbocycles. The highest BCUT2D eigenvalue weighted by Gasteiger charge is 2.28. The van der Waals surface area contributed by atoms with E-state index in [1.807, 2.05) is 24.3 Å². The molecule has 35 heavy (non-hydrogen) atoms. The minimum absolute atomic E-state index is 0.0262. The lowest BCUT2D eigenvalue weighted by Crippen LogP contribution is -2.44. The second kappa shape index (κ2) is 10.9. The lowest BCUT2D eigenvalue weighted by molar-refractivity contribution is -0.135. The number of nitrogens with zero attached hydrogens (tertiary/aromatic N) is 2. The van der Waals surface area contributed by atoms with E-state index in [0.717, 1.165) is 28.4 Å². The quantitative estimate of drug-likeness (QED) is 0.560. The molecule has 4 rings (SSSR count). The van der Waals surface area contributed by atoms with Gasteiger partial charge < -0.3 is 15.5 Å². The summed E-state index contributed by atoms with van der Waals surface area (Å²) in [6.07, 6.45) is 1.69. The molecule has 2 atom stereocenters. The fraction of sp³-hybridized carbons (Fsp3) is 0.360. The second-order valence-corrected chi connectivity index (χ2v) is 9.79. The molecule has 0 saturated carbocycles. The van der Waals surface area contributed by atoms with Crippen molar-refractivity contribution in [2.45, 2.75) is 38.3 Å². The summed E-state index contributed by atoms with van der Waals surface area (Å²) in [5.74, 6) is -2.83. The SMILES string of the molecule is CN1C[C@H](NC(=O)c2nc3ccccc3s2)CCC[C@@H](C(=O)NCc2cc(F)cc(F)c2)CC1=O. The average molecular weight is 501 g/mol. The highest BCUT2D eigenvalue weighted by molar-refractivity contribution is 7.20. The van der Waals surface area contributed by atoms with Gasteiger partial charge in [-0.3, -0.25) is 14.4 Å². The Labute approximate surface area is 205 Å². The molecule has 2 aromatic carbocycles. The monoisotopic (exact) mass is 500 g/mol. The maximum absolute atomic E-state index is 13.4. The van der Waals surface area contributed by atoms with E-state index in [0.29, 0.717) is 36.4 Å². The van der Waals surface area contributed by atoms with Crippen LogP contribution in [0.2, 0.25) is 0 Å². The second-order valence-electron chi connectivity index (χ2n) is 8.76. The Morgan fingerprint density at radius 3 is 2.63 bits per heavy atom. The third-order valence-electron chi connectivity index (χ3n) is 6.03. The Bertz CT molecular complexity index is 1200. The molecule has 1 aliphatic heterocycles. The van der Waals surface area contributed by atoms with Gasteiger partial charge in [-0.2, -0.15) is 0 Å². The number of thiazole rings is 1. The van der Waals surface area contributed by atoms with Crippen molar-refractivity contribution >= 4 is 39.3 Å². The summed E-state index contributed by atoms with van der Waals surface area (Å²) >= 11 is 1.31. The van der Waals surface area contributed by atoms with Gasteiger partial charge in [0.15, 0.2) is 5.01 Å². The average Bonchev–Trinajstić information content (AvgIpc) is 3.27. The van der Waals surface area contributed by atoms with Crippen LogP contribution in [0, 0.1) is 17.6 Å². The van der Waals surface area contributed by atoms with Gasteiger partial charge in [-0.25, -0.2) is 13.8 Å². The van der Waals surface area contributed by atoms with Crippen molar-refractivity contribution in [2.24, 2.45) is 5.92 Å². The number of para-hydroxylation sites is 1. The predicted molar refractivity (Wildman–Crippen MR) is 129 cm³/mol. The molecule has 10 heteroatoms. The van der Waals surface area contributed by atoms with E-state index in [-0.39, 0.29) is 36.7 Å². The van der Waals surface area contributed by atoms with Gasteiger partial charge in [-0.05, 0) is 42.7 Å². The van der Waals surface area contributed by atoms with Gasteiger partial charge in [0.1, 0.15) is 11.6 Å². The molecule has 7 nitrogen and oxygen atoms in total. The van der Waals surface area contributed by atoms with Crippen LogP contribution in [0.3, 0.4) is 0 Å². The molecule has 1 aromatic heterocycles. The highest BCUT2D eigenvalue weighted by Crippen LogP contribution is 2.23. The number of carbonyl (C=O) groups is 3. The predicted octanol–water partition coefficient (Wildman–Crippen LogP) is 3.64. The summed E-state index contributed by atoms with van der Waals surface area (Å²) in [4.78, 5) is 44.2. The standard InChI is InChI=1S/C25H26F2N4O3S/c1-31-14-19(29-24(34)25-30-20-7-2-3-8-21(20)35-25)6-4-5-16(11-22(31)32)23(33)28-13-15-9-17(26)12-18(27)10-15/h2-3,7-10,12,16,19H,4-6,11,13-14H2,1H3,(H,28,33)(H,29,34)/t16-,19-/m1/s1. The van der Waals surface area contributed by atoms with E-state index in [2.05, 4.69) is 15.6 Å². The summed E-state index contributed by atoms with van der Waals surface area (Å²) in [6, 6.07) is 10.3.